The largest absolute Gasteiger partial charge is 0.278 e. The molecule has 0 saturated carbocycles. The van der Waals surface area contributed by atoms with E-state index < -0.39 is 5.83 Å². The molecule has 0 bridgehead atoms. The Labute approximate surface area is 108 Å². The van der Waals surface area contributed by atoms with E-state index in [1.807, 2.05) is 6.07 Å². The molecule has 19 heavy (non-hydrogen) atoms. The molecule has 0 spiro atoms. The molecule has 0 aliphatic carbocycles. The van der Waals surface area contributed by atoms with Gasteiger partial charge in [0.25, 0.3) is 0 Å². The first-order valence-corrected chi connectivity index (χ1v) is 5.37. The fraction of sp³-hybridized carbons (Fsp3) is 0.0833. The lowest BCUT2D eigenvalue weighted by Gasteiger charge is -1.97. The molecule has 0 saturated heterocycles. The van der Waals surface area contributed by atoms with Crippen LogP contribution in [0.5, 0.6) is 0 Å². The summed E-state index contributed by atoms with van der Waals surface area (Å²) in [6, 6.07) is 3.65. The molecular weight excluding hydrogens is 247 g/mol. The molecule has 1 N–H and O–H groups in total. The second-order valence-electron chi connectivity index (χ2n) is 3.53. The van der Waals surface area contributed by atoms with Gasteiger partial charge in [-0.05, 0) is 25.6 Å². The molecule has 0 amide bonds. The van der Waals surface area contributed by atoms with Crippen LogP contribution in [0.3, 0.4) is 0 Å². The van der Waals surface area contributed by atoms with E-state index in [4.69, 9.17) is 0 Å². The summed E-state index contributed by atoms with van der Waals surface area (Å²) < 4.78 is 13.4. The third-order valence-corrected chi connectivity index (χ3v) is 2.36. The summed E-state index contributed by atoms with van der Waals surface area (Å²) in [5, 5.41) is 7.65. The van der Waals surface area contributed by atoms with Crippen molar-refractivity contribution in [2.45, 2.75) is 6.54 Å². The van der Waals surface area contributed by atoms with Gasteiger partial charge in [-0.15, -0.1) is 0 Å². The molecule has 2 aromatic rings. The molecular formula is C12H11FN6. The quantitative estimate of drug-likeness (QED) is 0.673. The minimum absolute atomic E-state index is 0.126. The summed E-state index contributed by atoms with van der Waals surface area (Å²) in [7, 11) is 0. The lowest BCUT2D eigenvalue weighted by Crippen LogP contribution is -1.96. The van der Waals surface area contributed by atoms with Crippen LogP contribution in [0.25, 0.3) is 11.0 Å². The Kier molecular flexibility index (Phi) is 3.87. The van der Waals surface area contributed by atoms with Crippen molar-refractivity contribution in [2.24, 2.45) is 15.0 Å². The first kappa shape index (κ1) is 12.7. The van der Waals surface area contributed by atoms with Gasteiger partial charge >= 0.3 is 0 Å². The lowest BCUT2D eigenvalue weighted by molar-refractivity contribution is 0.674. The van der Waals surface area contributed by atoms with Gasteiger partial charge < -0.3 is 0 Å². The molecule has 0 radical (unpaired) electrons. The molecule has 0 atom stereocenters. The van der Waals surface area contributed by atoms with Crippen LogP contribution in [0, 0.1) is 0 Å². The van der Waals surface area contributed by atoms with Crippen molar-refractivity contribution in [2.75, 3.05) is 0 Å². The second kappa shape index (κ2) is 5.76. The van der Waals surface area contributed by atoms with Crippen LogP contribution >= 0.6 is 0 Å². The van der Waals surface area contributed by atoms with E-state index in [-0.39, 0.29) is 12.4 Å². The predicted octanol–water partition coefficient (Wildman–Crippen LogP) is 2.07. The Hall–Kier alpha value is -2.70. The minimum atomic E-state index is -0.688. The van der Waals surface area contributed by atoms with Crippen LogP contribution in [-0.2, 0) is 6.54 Å². The summed E-state index contributed by atoms with van der Waals surface area (Å²) in [4.78, 5) is 14.9. The topological polar surface area (TPSA) is 78.6 Å². The van der Waals surface area contributed by atoms with Gasteiger partial charge in [0.1, 0.15) is 0 Å². The highest BCUT2D eigenvalue weighted by Crippen LogP contribution is 2.14. The van der Waals surface area contributed by atoms with Gasteiger partial charge in [-0.3, -0.25) is 15.1 Å². The average Bonchev–Trinajstić information content (AvgIpc) is 2.83. The number of nitrogens with one attached hydrogen (secondary N) is 1. The van der Waals surface area contributed by atoms with Crippen molar-refractivity contribution in [1.82, 2.24) is 15.2 Å². The Morgan fingerprint density at radius 3 is 3.05 bits per heavy atom. The zero-order valence-electron chi connectivity index (χ0n) is 10.0. The summed E-state index contributed by atoms with van der Waals surface area (Å²) >= 11 is 0. The van der Waals surface area contributed by atoms with E-state index in [2.05, 4.69) is 43.6 Å². The van der Waals surface area contributed by atoms with Crippen molar-refractivity contribution < 1.29 is 4.39 Å². The van der Waals surface area contributed by atoms with Gasteiger partial charge in [0.05, 0.1) is 18.4 Å². The van der Waals surface area contributed by atoms with Crippen LogP contribution < -0.4 is 0 Å². The summed E-state index contributed by atoms with van der Waals surface area (Å²) in [6.07, 6.45) is 2.57. The van der Waals surface area contributed by atoms with E-state index in [9.17, 15) is 4.39 Å². The lowest BCUT2D eigenvalue weighted by atomic mass is 10.2. The van der Waals surface area contributed by atoms with Gasteiger partial charge in [0.15, 0.2) is 17.3 Å². The monoisotopic (exact) mass is 258 g/mol. The van der Waals surface area contributed by atoms with Gasteiger partial charge in [-0.25, -0.2) is 14.4 Å². The molecule has 0 aliphatic heterocycles. The van der Waals surface area contributed by atoms with Crippen molar-refractivity contribution in [3.8, 4) is 0 Å². The van der Waals surface area contributed by atoms with Crippen molar-refractivity contribution in [3.05, 3.63) is 36.1 Å². The van der Waals surface area contributed by atoms with Crippen molar-refractivity contribution in [3.63, 3.8) is 0 Å². The molecule has 0 fully saturated rings. The Bertz CT molecular complexity index is 670. The fourth-order valence-electron chi connectivity index (χ4n) is 1.52. The molecule has 0 aromatic carbocycles. The summed E-state index contributed by atoms with van der Waals surface area (Å²) in [5.41, 5.74) is 1.31. The van der Waals surface area contributed by atoms with E-state index in [1.165, 1.54) is 0 Å². The van der Waals surface area contributed by atoms with Gasteiger partial charge in [-0.1, -0.05) is 0 Å². The standard InChI is InChI=1S/C12H11FN6/c1-14-6-9(13)12(15-2)17-7-10-8-4-3-5-16-11(8)19-18-10/h3-6H,1-2,7H2,(H,16,18,19)/b9-6+,17-12?. The van der Waals surface area contributed by atoms with E-state index >= 15 is 0 Å². The molecule has 0 aliphatic rings. The maximum absolute atomic E-state index is 13.4. The number of nitrogens with zero attached hydrogens (tertiary/aromatic N) is 5. The van der Waals surface area contributed by atoms with Gasteiger partial charge in [0.2, 0.25) is 0 Å². The second-order valence-corrected chi connectivity index (χ2v) is 3.53. The number of aliphatic imine (C=N–C) groups is 3. The highest BCUT2D eigenvalue weighted by Gasteiger charge is 2.07. The van der Waals surface area contributed by atoms with E-state index in [0.29, 0.717) is 5.65 Å². The first-order valence-electron chi connectivity index (χ1n) is 5.37. The van der Waals surface area contributed by atoms with Gasteiger partial charge in [0, 0.05) is 11.6 Å². The van der Waals surface area contributed by atoms with Crippen LogP contribution in [0.4, 0.5) is 4.39 Å². The molecule has 2 aromatic heterocycles. The number of aromatic amines is 1. The smallest absolute Gasteiger partial charge is 0.185 e. The first-order chi connectivity index (χ1) is 9.26. The van der Waals surface area contributed by atoms with Crippen LogP contribution in [0.1, 0.15) is 5.69 Å². The molecule has 2 heterocycles. The van der Waals surface area contributed by atoms with E-state index in [1.54, 1.807) is 12.3 Å². The number of H-pyrrole nitrogens is 1. The Balaban J connectivity index is 2.28. The SMILES string of the molecule is C=N/C=C(/F)C(N=C)=NCc1[nH]nc2ncccc12. The number of aromatic nitrogens is 3. The Morgan fingerprint density at radius 1 is 1.47 bits per heavy atom. The number of rotatable bonds is 4. The number of pyridine rings is 1. The normalized spacial score (nSPS) is 12.7. The minimum Gasteiger partial charge on any atom is -0.278 e. The molecule has 0 unspecified atom stereocenters. The highest BCUT2D eigenvalue weighted by molar-refractivity contribution is 5.99. The summed E-state index contributed by atoms with van der Waals surface area (Å²) in [5.74, 6) is -0.814. The maximum atomic E-state index is 13.4. The molecule has 7 heteroatoms. The zero-order chi connectivity index (χ0) is 13.7. The van der Waals surface area contributed by atoms with Crippen molar-refractivity contribution >= 4 is 30.3 Å². The predicted molar refractivity (Wildman–Crippen MR) is 73.3 cm³/mol. The summed E-state index contributed by atoms with van der Waals surface area (Å²) in [6.45, 7) is 6.61. The van der Waals surface area contributed by atoms with Gasteiger partial charge in [-0.2, -0.15) is 5.10 Å². The number of halogens is 1. The van der Waals surface area contributed by atoms with Crippen LogP contribution in [0.15, 0.2) is 45.3 Å². The van der Waals surface area contributed by atoms with Crippen LogP contribution in [-0.4, -0.2) is 34.5 Å². The average molecular weight is 258 g/mol. The zero-order valence-corrected chi connectivity index (χ0v) is 10.0. The number of fused-ring (bicyclic) bond motifs is 1. The number of hydrogen-bond donors (Lipinski definition) is 1. The number of amidine groups is 1. The van der Waals surface area contributed by atoms with Crippen LogP contribution in [0.2, 0.25) is 0 Å². The van der Waals surface area contributed by atoms with E-state index in [0.717, 1.165) is 17.3 Å². The van der Waals surface area contributed by atoms with Crippen molar-refractivity contribution in [1.29, 1.82) is 0 Å². The molecule has 2 rings (SSSR count). The fourth-order valence-corrected chi connectivity index (χ4v) is 1.52. The Morgan fingerprint density at radius 2 is 2.32 bits per heavy atom. The highest BCUT2D eigenvalue weighted by atomic mass is 19.1. The molecule has 96 valence electrons. The molecule has 6 nitrogen and oxygen atoms in total. The third kappa shape index (κ3) is 2.76. The third-order valence-electron chi connectivity index (χ3n) is 2.36. The number of hydrogen-bond acceptors (Lipinski definition) is 4. The maximum Gasteiger partial charge on any atom is 0.185 e.